The molecule has 0 unspecified atom stereocenters. The number of nitriles is 1. The van der Waals surface area contributed by atoms with Crippen molar-refractivity contribution in [3.05, 3.63) is 70.9 Å². The zero-order valence-electron chi connectivity index (χ0n) is 14.5. The van der Waals surface area contributed by atoms with Gasteiger partial charge in [0.2, 0.25) is 0 Å². The Hall–Kier alpha value is -3.06. The van der Waals surface area contributed by atoms with Gasteiger partial charge < -0.3 is 10.2 Å². The zero-order chi connectivity index (χ0) is 17.8. The maximum Gasteiger partial charge on any atom is 0.270 e. The van der Waals surface area contributed by atoms with Gasteiger partial charge in [0, 0.05) is 24.1 Å². The molecule has 0 aromatic heterocycles. The predicted octanol–water partition coefficient (Wildman–Crippen LogP) is 4.10. The highest BCUT2D eigenvalue weighted by molar-refractivity contribution is 6.09. The lowest BCUT2D eigenvalue weighted by Crippen LogP contribution is -2.36. The molecule has 0 atom stereocenters. The van der Waals surface area contributed by atoms with Crippen molar-refractivity contribution in [2.45, 2.75) is 26.7 Å². The summed E-state index contributed by atoms with van der Waals surface area (Å²) in [5, 5.41) is 12.5. The van der Waals surface area contributed by atoms with Gasteiger partial charge in [0.25, 0.3) is 5.91 Å². The number of rotatable bonds is 3. The van der Waals surface area contributed by atoms with Crippen LogP contribution in [-0.2, 0) is 11.2 Å². The average molecular weight is 331 g/mol. The lowest BCUT2D eigenvalue weighted by molar-refractivity contribution is -0.114. The van der Waals surface area contributed by atoms with Gasteiger partial charge >= 0.3 is 0 Å². The minimum Gasteiger partial charge on any atom is -0.360 e. The molecule has 0 saturated carbocycles. The molecule has 0 spiro atoms. The van der Waals surface area contributed by atoms with Gasteiger partial charge in [-0.1, -0.05) is 24.3 Å². The average Bonchev–Trinajstić information content (AvgIpc) is 2.60. The number of aryl methyl sites for hydroxylation is 3. The van der Waals surface area contributed by atoms with Crippen molar-refractivity contribution in [2.75, 3.05) is 16.8 Å². The van der Waals surface area contributed by atoms with Crippen LogP contribution >= 0.6 is 0 Å². The summed E-state index contributed by atoms with van der Waals surface area (Å²) >= 11 is 0. The molecule has 1 N–H and O–H groups in total. The quantitative estimate of drug-likeness (QED) is 0.680. The van der Waals surface area contributed by atoms with Crippen molar-refractivity contribution in [3.8, 4) is 6.07 Å². The summed E-state index contributed by atoms with van der Waals surface area (Å²) < 4.78 is 0. The van der Waals surface area contributed by atoms with Gasteiger partial charge in [-0.3, -0.25) is 4.79 Å². The molecule has 1 amide bonds. The maximum atomic E-state index is 12.8. The van der Waals surface area contributed by atoms with Crippen molar-refractivity contribution in [1.82, 2.24) is 0 Å². The molecule has 25 heavy (non-hydrogen) atoms. The number of anilines is 2. The molecule has 0 radical (unpaired) electrons. The van der Waals surface area contributed by atoms with Crippen LogP contribution in [0, 0.1) is 25.2 Å². The molecule has 4 nitrogen and oxygen atoms in total. The van der Waals surface area contributed by atoms with Crippen LogP contribution in [0.2, 0.25) is 0 Å². The van der Waals surface area contributed by atoms with Gasteiger partial charge in [0.15, 0.2) is 0 Å². The fourth-order valence-electron chi connectivity index (χ4n) is 3.25. The molecule has 2 aromatic carbocycles. The Morgan fingerprint density at radius 1 is 1.20 bits per heavy atom. The molecular formula is C21H21N3O. The van der Waals surface area contributed by atoms with E-state index in [0.29, 0.717) is 6.54 Å². The maximum absolute atomic E-state index is 12.8. The second-order valence-electron chi connectivity index (χ2n) is 6.38. The second kappa shape index (κ2) is 7.23. The molecule has 126 valence electrons. The molecule has 1 aliphatic rings. The lowest BCUT2D eigenvalue weighted by atomic mass is 10.0. The highest BCUT2D eigenvalue weighted by atomic mass is 16.2. The summed E-state index contributed by atoms with van der Waals surface area (Å²) in [7, 11) is 0. The third-order valence-corrected chi connectivity index (χ3v) is 4.31. The number of nitrogens with zero attached hydrogens (tertiary/aromatic N) is 2. The summed E-state index contributed by atoms with van der Waals surface area (Å²) in [6.45, 7) is 4.67. The van der Waals surface area contributed by atoms with E-state index >= 15 is 0 Å². The topological polar surface area (TPSA) is 56.1 Å². The van der Waals surface area contributed by atoms with E-state index < -0.39 is 0 Å². The summed E-state index contributed by atoms with van der Waals surface area (Å²) in [6, 6.07) is 16.0. The zero-order valence-corrected chi connectivity index (χ0v) is 14.5. The molecular weight excluding hydrogens is 310 g/mol. The molecule has 2 aromatic rings. The summed E-state index contributed by atoms with van der Waals surface area (Å²) in [5.74, 6) is -0.258. The fourth-order valence-corrected chi connectivity index (χ4v) is 3.25. The Morgan fingerprint density at radius 2 is 1.92 bits per heavy atom. The first-order valence-corrected chi connectivity index (χ1v) is 8.43. The Bertz CT molecular complexity index is 857. The van der Waals surface area contributed by atoms with Crippen molar-refractivity contribution >= 4 is 17.3 Å². The highest BCUT2D eigenvalue weighted by Crippen LogP contribution is 2.27. The first-order chi connectivity index (χ1) is 12.1. The van der Waals surface area contributed by atoms with Crippen LogP contribution < -0.4 is 10.2 Å². The standard InChI is InChI=1S/C21H21N3O/c1-15-10-16(2)12-19(11-15)23-14-18(13-22)21(25)24-9-5-7-17-6-3-4-8-20(17)24/h3-4,6,8,10-12,14,23H,5,7,9H2,1-2H3/b18-14-. The molecule has 1 heterocycles. The van der Waals surface area contributed by atoms with Crippen LogP contribution in [0.1, 0.15) is 23.1 Å². The van der Waals surface area contributed by atoms with Crippen LogP contribution in [-0.4, -0.2) is 12.5 Å². The van der Waals surface area contributed by atoms with E-state index in [1.54, 1.807) is 4.90 Å². The van der Waals surface area contributed by atoms with E-state index in [2.05, 4.69) is 11.4 Å². The van der Waals surface area contributed by atoms with Gasteiger partial charge in [-0.15, -0.1) is 0 Å². The fraction of sp³-hybridized carbons (Fsp3) is 0.238. The summed E-state index contributed by atoms with van der Waals surface area (Å²) in [4.78, 5) is 14.5. The van der Waals surface area contributed by atoms with Crippen LogP contribution in [0.3, 0.4) is 0 Å². The predicted molar refractivity (Wildman–Crippen MR) is 100 cm³/mol. The Morgan fingerprint density at radius 3 is 2.64 bits per heavy atom. The van der Waals surface area contributed by atoms with Gasteiger partial charge in [0.05, 0.1) is 0 Å². The smallest absolute Gasteiger partial charge is 0.270 e. The van der Waals surface area contributed by atoms with E-state index in [9.17, 15) is 10.1 Å². The molecule has 4 heteroatoms. The normalized spacial score (nSPS) is 13.8. The minimum absolute atomic E-state index is 0.107. The number of fused-ring (bicyclic) bond motifs is 1. The number of amides is 1. The Labute approximate surface area is 148 Å². The third kappa shape index (κ3) is 3.72. The van der Waals surface area contributed by atoms with E-state index in [4.69, 9.17) is 0 Å². The van der Waals surface area contributed by atoms with E-state index in [1.165, 1.54) is 6.20 Å². The number of nitrogens with one attached hydrogen (secondary N) is 1. The van der Waals surface area contributed by atoms with E-state index in [0.717, 1.165) is 40.9 Å². The van der Waals surface area contributed by atoms with E-state index in [-0.39, 0.29) is 11.5 Å². The lowest BCUT2D eigenvalue weighted by Gasteiger charge is -2.29. The third-order valence-electron chi connectivity index (χ3n) is 4.31. The molecule has 0 aliphatic carbocycles. The first-order valence-electron chi connectivity index (χ1n) is 8.43. The summed E-state index contributed by atoms with van der Waals surface area (Å²) in [6.07, 6.45) is 3.38. The molecule has 0 saturated heterocycles. The number of benzene rings is 2. The van der Waals surface area contributed by atoms with Crippen LogP contribution in [0.4, 0.5) is 11.4 Å². The van der Waals surface area contributed by atoms with Gasteiger partial charge in [-0.05, 0) is 61.6 Å². The van der Waals surface area contributed by atoms with Crippen molar-refractivity contribution in [3.63, 3.8) is 0 Å². The first kappa shape index (κ1) is 16.8. The SMILES string of the molecule is Cc1cc(C)cc(N/C=C(/C#N)C(=O)N2CCCc3ccccc32)c1. The van der Waals surface area contributed by atoms with Crippen LogP contribution in [0.5, 0.6) is 0 Å². The van der Waals surface area contributed by atoms with Crippen molar-refractivity contribution < 1.29 is 4.79 Å². The molecule has 0 fully saturated rings. The second-order valence-corrected chi connectivity index (χ2v) is 6.38. The Balaban J connectivity index is 1.84. The van der Waals surface area contributed by atoms with Crippen molar-refractivity contribution in [2.24, 2.45) is 0 Å². The van der Waals surface area contributed by atoms with Crippen molar-refractivity contribution in [1.29, 1.82) is 5.26 Å². The van der Waals surface area contributed by atoms with Gasteiger partial charge in [-0.2, -0.15) is 5.26 Å². The number of carbonyl (C=O) groups excluding carboxylic acids is 1. The van der Waals surface area contributed by atoms with E-state index in [1.807, 2.05) is 56.3 Å². The monoisotopic (exact) mass is 331 g/mol. The number of hydrogen-bond acceptors (Lipinski definition) is 3. The molecule has 1 aliphatic heterocycles. The summed E-state index contributed by atoms with van der Waals surface area (Å²) in [5.41, 5.74) is 5.30. The van der Waals surface area contributed by atoms with Gasteiger partial charge in [-0.25, -0.2) is 0 Å². The van der Waals surface area contributed by atoms with Crippen LogP contribution in [0.15, 0.2) is 54.2 Å². The minimum atomic E-state index is -0.258. The van der Waals surface area contributed by atoms with Gasteiger partial charge in [0.1, 0.15) is 11.6 Å². The highest BCUT2D eigenvalue weighted by Gasteiger charge is 2.24. The number of carbonyl (C=O) groups is 1. The Kier molecular flexibility index (Phi) is 4.85. The largest absolute Gasteiger partial charge is 0.360 e. The molecule has 0 bridgehead atoms. The number of para-hydroxylation sites is 1. The molecule has 3 rings (SSSR count). The van der Waals surface area contributed by atoms with Crippen LogP contribution in [0.25, 0.3) is 0 Å². The number of hydrogen-bond donors (Lipinski definition) is 1.